The molecule has 13 heavy (non-hydrogen) atoms. The van der Waals surface area contributed by atoms with Gasteiger partial charge in [0.25, 0.3) is 0 Å². The Morgan fingerprint density at radius 3 is 2.00 bits per heavy atom. The van der Waals surface area contributed by atoms with Crippen LogP contribution >= 0.6 is 0 Å². The number of hydrogen-bond donors (Lipinski definition) is 0. The van der Waals surface area contributed by atoms with Crippen molar-refractivity contribution in [3.63, 3.8) is 0 Å². The van der Waals surface area contributed by atoms with Gasteiger partial charge in [0.2, 0.25) is 0 Å². The Bertz CT molecular complexity index is 224. The SMILES string of the molecule is C=C1CCCC(=C2CCCC2)CC1. The second-order valence-electron chi connectivity index (χ2n) is 4.52. The van der Waals surface area contributed by atoms with Gasteiger partial charge in [-0.2, -0.15) is 0 Å². The van der Waals surface area contributed by atoms with Crippen LogP contribution in [0.3, 0.4) is 0 Å². The molecule has 0 aliphatic heterocycles. The van der Waals surface area contributed by atoms with Gasteiger partial charge in [0.1, 0.15) is 0 Å². The summed E-state index contributed by atoms with van der Waals surface area (Å²) in [5.74, 6) is 0. The van der Waals surface area contributed by atoms with E-state index in [1.165, 1.54) is 63.4 Å². The van der Waals surface area contributed by atoms with Crippen molar-refractivity contribution in [2.75, 3.05) is 0 Å². The summed E-state index contributed by atoms with van der Waals surface area (Å²) in [6, 6.07) is 0. The van der Waals surface area contributed by atoms with Gasteiger partial charge in [-0.1, -0.05) is 23.3 Å². The lowest BCUT2D eigenvalue weighted by molar-refractivity contribution is 0.815. The van der Waals surface area contributed by atoms with Crippen molar-refractivity contribution < 1.29 is 0 Å². The summed E-state index contributed by atoms with van der Waals surface area (Å²) in [7, 11) is 0. The average Bonchev–Trinajstić information content (AvgIpc) is 2.56. The molecule has 0 aromatic heterocycles. The summed E-state index contributed by atoms with van der Waals surface area (Å²) < 4.78 is 0. The van der Waals surface area contributed by atoms with Crippen LogP contribution in [0.5, 0.6) is 0 Å². The summed E-state index contributed by atoms with van der Waals surface area (Å²) >= 11 is 0. The summed E-state index contributed by atoms with van der Waals surface area (Å²) in [6.07, 6.45) is 12.3. The highest BCUT2D eigenvalue weighted by Crippen LogP contribution is 2.34. The smallest absolute Gasteiger partial charge is 0.0280 e. The zero-order valence-corrected chi connectivity index (χ0v) is 8.57. The molecule has 2 aliphatic carbocycles. The van der Waals surface area contributed by atoms with Crippen LogP contribution in [0.15, 0.2) is 23.3 Å². The minimum atomic E-state index is 1.26. The number of rotatable bonds is 0. The summed E-state index contributed by atoms with van der Waals surface area (Å²) in [5.41, 5.74) is 5.10. The molecule has 0 aromatic rings. The molecule has 0 saturated heterocycles. The molecule has 0 spiro atoms. The fraction of sp³-hybridized carbons (Fsp3) is 0.692. The summed E-state index contributed by atoms with van der Waals surface area (Å²) in [4.78, 5) is 0. The van der Waals surface area contributed by atoms with E-state index in [1.807, 2.05) is 5.57 Å². The van der Waals surface area contributed by atoms with E-state index in [2.05, 4.69) is 6.58 Å². The zero-order chi connectivity index (χ0) is 9.10. The lowest BCUT2D eigenvalue weighted by Crippen LogP contribution is -1.87. The van der Waals surface area contributed by atoms with E-state index in [0.717, 1.165) is 0 Å². The maximum Gasteiger partial charge on any atom is -0.0280 e. The third-order valence-electron chi connectivity index (χ3n) is 3.50. The van der Waals surface area contributed by atoms with Crippen molar-refractivity contribution in [1.29, 1.82) is 0 Å². The van der Waals surface area contributed by atoms with Gasteiger partial charge in [-0.05, 0) is 57.8 Å². The summed E-state index contributed by atoms with van der Waals surface area (Å²) in [5, 5.41) is 0. The van der Waals surface area contributed by atoms with E-state index in [4.69, 9.17) is 0 Å². The van der Waals surface area contributed by atoms with Crippen molar-refractivity contribution in [1.82, 2.24) is 0 Å². The molecule has 2 rings (SSSR count). The van der Waals surface area contributed by atoms with E-state index in [-0.39, 0.29) is 0 Å². The zero-order valence-electron chi connectivity index (χ0n) is 8.57. The first kappa shape index (κ1) is 9.05. The van der Waals surface area contributed by atoms with Crippen LogP contribution in [0.2, 0.25) is 0 Å². The van der Waals surface area contributed by atoms with E-state index >= 15 is 0 Å². The van der Waals surface area contributed by atoms with Gasteiger partial charge in [-0.15, -0.1) is 0 Å². The van der Waals surface area contributed by atoms with Crippen LogP contribution in [0.4, 0.5) is 0 Å². The second kappa shape index (κ2) is 4.13. The van der Waals surface area contributed by atoms with E-state index in [9.17, 15) is 0 Å². The Hall–Kier alpha value is -0.520. The maximum atomic E-state index is 4.11. The highest BCUT2D eigenvalue weighted by molar-refractivity contribution is 5.20. The van der Waals surface area contributed by atoms with Crippen molar-refractivity contribution >= 4 is 0 Å². The average molecular weight is 176 g/mol. The van der Waals surface area contributed by atoms with Gasteiger partial charge in [-0.3, -0.25) is 0 Å². The monoisotopic (exact) mass is 176 g/mol. The third kappa shape index (κ3) is 2.24. The third-order valence-corrected chi connectivity index (χ3v) is 3.50. The predicted molar refractivity (Wildman–Crippen MR) is 57.7 cm³/mol. The normalized spacial score (nSPS) is 25.1. The first-order chi connectivity index (χ1) is 6.36. The molecule has 0 nitrogen and oxygen atoms in total. The molecule has 0 bridgehead atoms. The standard InChI is InChI=1S/C13H20/c1-11-5-4-8-13(10-9-11)12-6-2-3-7-12/h1-10H2. The Labute approximate surface area is 81.7 Å². The van der Waals surface area contributed by atoms with Gasteiger partial charge >= 0.3 is 0 Å². The van der Waals surface area contributed by atoms with Gasteiger partial charge in [0.05, 0.1) is 0 Å². The maximum absolute atomic E-state index is 4.11. The highest BCUT2D eigenvalue weighted by Gasteiger charge is 2.14. The Morgan fingerprint density at radius 2 is 1.23 bits per heavy atom. The lowest BCUT2D eigenvalue weighted by Gasteiger charge is -2.07. The Balaban J connectivity index is 2.05. The molecule has 0 aromatic carbocycles. The largest absolute Gasteiger partial charge is 0.0999 e. The predicted octanol–water partition coefficient (Wildman–Crippen LogP) is 4.38. The molecule has 2 saturated carbocycles. The van der Waals surface area contributed by atoms with E-state index in [0.29, 0.717) is 0 Å². The fourth-order valence-corrected chi connectivity index (χ4v) is 2.64. The first-order valence-corrected chi connectivity index (χ1v) is 5.72. The molecular formula is C13H20. The van der Waals surface area contributed by atoms with Crippen molar-refractivity contribution in [2.24, 2.45) is 0 Å². The van der Waals surface area contributed by atoms with Gasteiger partial charge in [0.15, 0.2) is 0 Å². The molecule has 0 unspecified atom stereocenters. The molecule has 0 heterocycles. The number of hydrogen-bond acceptors (Lipinski definition) is 0. The van der Waals surface area contributed by atoms with Crippen LogP contribution in [-0.4, -0.2) is 0 Å². The molecule has 0 heteroatoms. The molecule has 0 amide bonds. The van der Waals surface area contributed by atoms with Crippen LogP contribution in [-0.2, 0) is 0 Å². The molecule has 72 valence electrons. The van der Waals surface area contributed by atoms with Crippen molar-refractivity contribution in [3.8, 4) is 0 Å². The van der Waals surface area contributed by atoms with Crippen molar-refractivity contribution in [3.05, 3.63) is 23.3 Å². The van der Waals surface area contributed by atoms with Crippen LogP contribution in [0.25, 0.3) is 0 Å². The van der Waals surface area contributed by atoms with Crippen LogP contribution in [0.1, 0.15) is 57.8 Å². The van der Waals surface area contributed by atoms with E-state index in [1.54, 1.807) is 5.57 Å². The molecule has 2 fully saturated rings. The molecule has 0 radical (unpaired) electrons. The molecular weight excluding hydrogens is 156 g/mol. The van der Waals surface area contributed by atoms with Gasteiger partial charge in [-0.25, -0.2) is 0 Å². The topological polar surface area (TPSA) is 0 Å². The molecule has 0 N–H and O–H groups in total. The van der Waals surface area contributed by atoms with Gasteiger partial charge < -0.3 is 0 Å². The quantitative estimate of drug-likeness (QED) is 0.379. The first-order valence-electron chi connectivity index (χ1n) is 5.72. The van der Waals surface area contributed by atoms with Crippen LogP contribution in [0, 0.1) is 0 Å². The minimum Gasteiger partial charge on any atom is -0.0999 e. The Morgan fingerprint density at radius 1 is 0.615 bits per heavy atom. The number of allylic oxidation sites excluding steroid dienone is 3. The highest BCUT2D eigenvalue weighted by atomic mass is 14.2. The van der Waals surface area contributed by atoms with E-state index < -0.39 is 0 Å². The fourth-order valence-electron chi connectivity index (χ4n) is 2.64. The Kier molecular flexibility index (Phi) is 2.87. The lowest BCUT2D eigenvalue weighted by atomic mass is 10.00. The van der Waals surface area contributed by atoms with Crippen LogP contribution < -0.4 is 0 Å². The summed E-state index contributed by atoms with van der Waals surface area (Å²) in [6.45, 7) is 4.11. The molecule has 0 atom stereocenters. The van der Waals surface area contributed by atoms with Crippen molar-refractivity contribution in [2.45, 2.75) is 57.8 Å². The minimum absolute atomic E-state index is 1.26. The second-order valence-corrected chi connectivity index (χ2v) is 4.52. The van der Waals surface area contributed by atoms with Gasteiger partial charge in [0, 0.05) is 0 Å². The molecule has 2 aliphatic rings.